The molecule has 1 heterocycles. The predicted octanol–water partition coefficient (Wildman–Crippen LogP) is 4.69. The van der Waals surface area contributed by atoms with Crippen LogP contribution in [0.5, 0.6) is 0 Å². The summed E-state index contributed by atoms with van der Waals surface area (Å²) in [7, 11) is 1.83. The van der Waals surface area contributed by atoms with Gasteiger partial charge in [-0.2, -0.15) is 5.10 Å². The lowest BCUT2D eigenvalue weighted by atomic mass is 10.1. The minimum Gasteiger partial charge on any atom is -0.341 e. The van der Waals surface area contributed by atoms with Gasteiger partial charge in [0, 0.05) is 37.0 Å². The Kier molecular flexibility index (Phi) is 6.70. The largest absolute Gasteiger partial charge is 0.341 e. The molecule has 0 spiro atoms. The van der Waals surface area contributed by atoms with Gasteiger partial charge in [-0.25, -0.2) is 0 Å². The Bertz CT molecular complexity index is 990. The Morgan fingerprint density at radius 3 is 2.50 bits per heavy atom. The number of carbonyl (C=O) groups excluding carboxylic acids is 1. The summed E-state index contributed by atoms with van der Waals surface area (Å²) in [6.45, 7) is 3.13. The van der Waals surface area contributed by atoms with E-state index in [2.05, 4.69) is 40.7 Å². The third-order valence-electron chi connectivity index (χ3n) is 4.62. The maximum Gasteiger partial charge on any atom is 0.224 e. The van der Waals surface area contributed by atoms with E-state index in [0.717, 1.165) is 17.0 Å². The first-order chi connectivity index (χ1) is 13.5. The zero-order valence-corrected chi connectivity index (χ0v) is 17.9. The molecule has 0 aliphatic heterocycles. The Morgan fingerprint density at radius 1 is 1.18 bits per heavy atom. The van der Waals surface area contributed by atoms with E-state index in [1.54, 1.807) is 16.7 Å². The van der Waals surface area contributed by atoms with Crippen LogP contribution in [0.3, 0.4) is 0 Å². The van der Waals surface area contributed by atoms with Crippen molar-refractivity contribution in [2.24, 2.45) is 0 Å². The van der Waals surface area contributed by atoms with Gasteiger partial charge in [-0.3, -0.25) is 14.5 Å². The molecule has 1 N–H and O–H groups in total. The third-order valence-corrected chi connectivity index (χ3v) is 5.68. The molecule has 0 saturated carbocycles. The van der Waals surface area contributed by atoms with Gasteiger partial charge in [-0.05, 0) is 43.1 Å². The topological polar surface area (TPSA) is 53.9 Å². The van der Waals surface area contributed by atoms with Gasteiger partial charge in [-0.15, -0.1) is 11.8 Å². The Morgan fingerprint density at radius 2 is 1.86 bits per heavy atom. The third kappa shape index (κ3) is 4.91. The van der Waals surface area contributed by atoms with Crippen LogP contribution in [0.4, 0.5) is 0 Å². The monoisotopic (exact) mass is 412 g/mol. The molecule has 3 aromatic rings. The summed E-state index contributed by atoms with van der Waals surface area (Å²) in [5, 5.41) is 7.18. The number of thioether (sulfide) groups is 1. The molecule has 28 heavy (non-hydrogen) atoms. The number of rotatable bonds is 7. The second-order valence-electron chi connectivity index (χ2n) is 6.72. The maximum atomic E-state index is 12.6. The van der Waals surface area contributed by atoms with Crippen molar-refractivity contribution in [1.82, 2.24) is 19.7 Å². The molecule has 0 bridgehead atoms. The molecule has 0 aliphatic rings. The van der Waals surface area contributed by atoms with E-state index in [1.165, 1.54) is 10.5 Å². The van der Waals surface area contributed by atoms with Gasteiger partial charge in [0.2, 0.25) is 5.91 Å². The Hall–Kier alpha value is -2.38. The number of carbonyl (C=O) groups is 1. The van der Waals surface area contributed by atoms with E-state index in [-0.39, 0.29) is 5.91 Å². The van der Waals surface area contributed by atoms with Crippen LogP contribution in [0.2, 0.25) is 0 Å². The van der Waals surface area contributed by atoms with E-state index in [4.69, 9.17) is 12.2 Å². The smallest absolute Gasteiger partial charge is 0.224 e. The van der Waals surface area contributed by atoms with Crippen molar-refractivity contribution in [3.63, 3.8) is 0 Å². The molecule has 3 rings (SSSR count). The lowest BCUT2D eigenvalue weighted by molar-refractivity contribution is -0.130. The molecule has 2 aromatic carbocycles. The van der Waals surface area contributed by atoms with Crippen molar-refractivity contribution in [3.8, 4) is 11.4 Å². The summed E-state index contributed by atoms with van der Waals surface area (Å²) in [6, 6.07) is 16.4. The molecule has 0 aliphatic carbocycles. The fourth-order valence-corrected chi connectivity index (χ4v) is 3.57. The zero-order valence-electron chi connectivity index (χ0n) is 16.3. The summed E-state index contributed by atoms with van der Waals surface area (Å²) in [4.78, 5) is 15.6. The predicted molar refractivity (Wildman–Crippen MR) is 117 cm³/mol. The second-order valence-corrected chi connectivity index (χ2v) is 7.98. The highest BCUT2D eigenvalue weighted by Gasteiger charge is 2.13. The number of hydrogen-bond donors (Lipinski definition) is 1. The minimum absolute atomic E-state index is 0.0758. The van der Waals surface area contributed by atoms with Crippen LogP contribution in [0.1, 0.15) is 17.5 Å². The van der Waals surface area contributed by atoms with Crippen molar-refractivity contribution < 1.29 is 4.79 Å². The Labute approximate surface area is 174 Å². The van der Waals surface area contributed by atoms with Gasteiger partial charge in [-0.1, -0.05) is 42.0 Å². The molecule has 0 saturated heterocycles. The van der Waals surface area contributed by atoms with Crippen LogP contribution in [0, 0.1) is 11.7 Å². The summed E-state index contributed by atoms with van der Waals surface area (Å²) in [5.74, 6) is 0.833. The molecule has 0 radical (unpaired) electrons. The zero-order chi connectivity index (χ0) is 20.1. The van der Waals surface area contributed by atoms with E-state index in [0.29, 0.717) is 24.3 Å². The number of aryl methyl sites for hydroxylation is 1. The van der Waals surface area contributed by atoms with Gasteiger partial charge >= 0.3 is 0 Å². The van der Waals surface area contributed by atoms with Crippen molar-refractivity contribution in [2.75, 3.05) is 13.3 Å². The maximum absolute atomic E-state index is 12.6. The standard InChI is InChI=1S/C21H24N4OS2/c1-15-4-8-17(9-5-15)20-22-23-21(27)25(20)13-12-19(26)24(2)14-16-6-10-18(28-3)11-7-16/h4-11H,12-14H2,1-3H3,(H,23,27). The minimum atomic E-state index is 0.0758. The van der Waals surface area contributed by atoms with Crippen molar-refractivity contribution in [2.45, 2.75) is 31.3 Å². The molecule has 0 unspecified atom stereocenters. The van der Waals surface area contributed by atoms with E-state index < -0.39 is 0 Å². The summed E-state index contributed by atoms with van der Waals surface area (Å²) in [5.41, 5.74) is 3.29. The van der Waals surface area contributed by atoms with Crippen LogP contribution < -0.4 is 0 Å². The molecule has 0 atom stereocenters. The van der Waals surface area contributed by atoms with E-state index in [1.807, 2.05) is 42.8 Å². The van der Waals surface area contributed by atoms with Crippen LogP contribution in [0.25, 0.3) is 11.4 Å². The van der Waals surface area contributed by atoms with Gasteiger partial charge in [0.1, 0.15) is 0 Å². The first-order valence-corrected chi connectivity index (χ1v) is 10.7. The van der Waals surface area contributed by atoms with Gasteiger partial charge in [0.15, 0.2) is 10.6 Å². The van der Waals surface area contributed by atoms with Crippen LogP contribution >= 0.6 is 24.0 Å². The van der Waals surface area contributed by atoms with Crippen LogP contribution in [-0.4, -0.2) is 38.9 Å². The summed E-state index contributed by atoms with van der Waals surface area (Å²) >= 11 is 7.07. The second kappa shape index (κ2) is 9.21. The molecule has 1 amide bonds. The normalized spacial score (nSPS) is 10.8. The number of amides is 1. The fraction of sp³-hybridized carbons (Fsp3) is 0.286. The number of aromatic nitrogens is 3. The molecule has 0 fully saturated rings. The first kappa shape index (κ1) is 20.4. The summed E-state index contributed by atoms with van der Waals surface area (Å²) < 4.78 is 2.41. The van der Waals surface area contributed by atoms with Crippen LogP contribution in [0.15, 0.2) is 53.4 Å². The number of H-pyrrole nitrogens is 1. The highest BCUT2D eigenvalue weighted by Crippen LogP contribution is 2.19. The lowest BCUT2D eigenvalue weighted by Gasteiger charge is -2.18. The molecule has 1 aromatic heterocycles. The number of hydrogen-bond acceptors (Lipinski definition) is 4. The molecule has 5 nitrogen and oxygen atoms in total. The lowest BCUT2D eigenvalue weighted by Crippen LogP contribution is -2.27. The number of nitrogens with zero attached hydrogens (tertiary/aromatic N) is 3. The van der Waals surface area contributed by atoms with Gasteiger partial charge in [0.05, 0.1) is 0 Å². The fourth-order valence-electron chi connectivity index (χ4n) is 2.94. The van der Waals surface area contributed by atoms with Crippen LogP contribution in [-0.2, 0) is 17.9 Å². The van der Waals surface area contributed by atoms with Crippen molar-refractivity contribution in [1.29, 1.82) is 0 Å². The highest BCUT2D eigenvalue weighted by molar-refractivity contribution is 7.98. The Balaban J connectivity index is 1.64. The quantitative estimate of drug-likeness (QED) is 0.452. The average molecular weight is 413 g/mol. The average Bonchev–Trinajstić information content (AvgIpc) is 3.07. The van der Waals surface area contributed by atoms with Crippen molar-refractivity contribution in [3.05, 3.63) is 64.4 Å². The molecule has 7 heteroatoms. The molecule has 146 valence electrons. The number of aromatic amines is 1. The number of benzene rings is 2. The first-order valence-electron chi connectivity index (χ1n) is 9.07. The number of nitrogens with one attached hydrogen (secondary N) is 1. The van der Waals surface area contributed by atoms with E-state index >= 15 is 0 Å². The van der Waals surface area contributed by atoms with Crippen molar-refractivity contribution >= 4 is 29.9 Å². The van der Waals surface area contributed by atoms with Gasteiger partial charge < -0.3 is 4.90 Å². The highest BCUT2D eigenvalue weighted by atomic mass is 32.2. The van der Waals surface area contributed by atoms with E-state index in [9.17, 15) is 4.79 Å². The molecular weight excluding hydrogens is 388 g/mol. The molecular formula is C21H24N4OS2. The van der Waals surface area contributed by atoms with Gasteiger partial charge in [0.25, 0.3) is 0 Å². The summed E-state index contributed by atoms with van der Waals surface area (Å²) in [6.07, 6.45) is 2.42. The SMILES string of the molecule is CSc1ccc(CN(C)C(=O)CCn2c(-c3ccc(C)cc3)n[nH]c2=S)cc1.